The van der Waals surface area contributed by atoms with E-state index in [0.29, 0.717) is 5.02 Å². The van der Waals surface area contributed by atoms with E-state index in [1.165, 1.54) is 0 Å². The summed E-state index contributed by atoms with van der Waals surface area (Å²) < 4.78 is 0. The summed E-state index contributed by atoms with van der Waals surface area (Å²) in [5, 5.41) is 12.4. The SMILES string of the molecule is CNc1cccc(Cl)c1CO. The van der Waals surface area contributed by atoms with Crippen LogP contribution < -0.4 is 5.32 Å². The van der Waals surface area contributed by atoms with Gasteiger partial charge in [-0.15, -0.1) is 0 Å². The predicted octanol–water partition coefficient (Wildman–Crippen LogP) is 1.87. The third-order valence-electron chi connectivity index (χ3n) is 1.55. The zero-order chi connectivity index (χ0) is 8.27. The van der Waals surface area contributed by atoms with Crippen molar-refractivity contribution in [2.45, 2.75) is 6.61 Å². The van der Waals surface area contributed by atoms with Gasteiger partial charge in [-0.05, 0) is 12.1 Å². The first kappa shape index (κ1) is 8.37. The molecule has 0 radical (unpaired) electrons. The van der Waals surface area contributed by atoms with Gasteiger partial charge in [-0.3, -0.25) is 0 Å². The minimum Gasteiger partial charge on any atom is -0.392 e. The largest absolute Gasteiger partial charge is 0.392 e. The Morgan fingerprint density at radius 2 is 2.27 bits per heavy atom. The Bertz CT molecular complexity index is 250. The monoisotopic (exact) mass is 171 g/mol. The van der Waals surface area contributed by atoms with Crippen LogP contribution in [-0.2, 0) is 6.61 Å². The minimum atomic E-state index is -0.0319. The summed E-state index contributed by atoms with van der Waals surface area (Å²) >= 11 is 5.81. The molecule has 0 aromatic heterocycles. The van der Waals surface area contributed by atoms with Crippen LogP contribution in [0, 0.1) is 0 Å². The van der Waals surface area contributed by atoms with E-state index in [1.807, 2.05) is 12.1 Å². The number of anilines is 1. The average molecular weight is 172 g/mol. The molecule has 0 aliphatic heterocycles. The molecule has 0 unspecified atom stereocenters. The highest BCUT2D eigenvalue weighted by Gasteiger charge is 2.02. The van der Waals surface area contributed by atoms with Crippen LogP contribution in [0.4, 0.5) is 5.69 Å². The van der Waals surface area contributed by atoms with Crippen molar-refractivity contribution in [2.75, 3.05) is 12.4 Å². The smallest absolute Gasteiger partial charge is 0.0716 e. The van der Waals surface area contributed by atoms with Gasteiger partial charge in [0.2, 0.25) is 0 Å². The molecular weight excluding hydrogens is 162 g/mol. The molecule has 11 heavy (non-hydrogen) atoms. The molecule has 0 spiro atoms. The average Bonchev–Trinajstić information content (AvgIpc) is 2.04. The number of aliphatic hydroxyl groups is 1. The predicted molar refractivity (Wildman–Crippen MR) is 46.9 cm³/mol. The molecule has 0 aliphatic carbocycles. The molecule has 0 atom stereocenters. The van der Waals surface area contributed by atoms with E-state index in [4.69, 9.17) is 16.7 Å². The van der Waals surface area contributed by atoms with Crippen LogP contribution in [0.2, 0.25) is 5.02 Å². The lowest BCUT2D eigenvalue weighted by Crippen LogP contribution is -1.95. The lowest BCUT2D eigenvalue weighted by Gasteiger charge is -2.07. The maximum Gasteiger partial charge on any atom is 0.0716 e. The molecule has 0 bridgehead atoms. The third-order valence-corrected chi connectivity index (χ3v) is 1.90. The Morgan fingerprint density at radius 1 is 1.55 bits per heavy atom. The van der Waals surface area contributed by atoms with Crippen LogP contribution in [0.3, 0.4) is 0 Å². The van der Waals surface area contributed by atoms with Crippen LogP contribution in [0.5, 0.6) is 0 Å². The van der Waals surface area contributed by atoms with Gasteiger partial charge in [0.25, 0.3) is 0 Å². The van der Waals surface area contributed by atoms with Gasteiger partial charge in [0.1, 0.15) is 0 Å². The maximum absolute atomic E-state index is 8.91. The van der Waals surface area contributed by atoms with E-state index < -0.39 is 0 Å². The fourth-order valence-corrected chi connectivity index (χ4v) is 1.19. The van der Waals surface area contributed by atoms with Gasteiger partial charge < -0.3 is 10.4 Å². The molecule has 0 saturated heterocycles. The van der Waals surface area contributed by atoms with Crippen molar-refractivity contribution in [2.24, 2.45) is 0 Å². The molecule has 0 heterocycles. The fourth-order valence-electron chi connectivity index (χ4n) is 0.954. The molecule has 0 aliphatic rings. The second-order valence-electron chi connectivity index (χ2n) is 2.17. The van der Waals surface area contributed by atoms with Crippen molar-refractivity contribution in [3.05, 3.63) is 28.8 Å². The van der Waals surface area contributed by atoms with Crippen molar-refractivity contribution >= 4 is 17.3 Å². The molecule has 0 saturated carbocycles. The van der Waals surface area contributed by atoms with Crippen LogP contribution in [0.15, 0.2) is 18.2 Å². The highest BCUT2D eigenvalue weighted by atomic mass is 35.5. The van der Waals surface area contributed by atoms with Crippen molar-refractivity contribution < 1.29 is 5.11 Å². The van der Waals surface area contributed by atoms with Gasteiger partial charge in [0.15, 0.2) is 0 Å². The van der Waals surface area contributed by atoms with Crippen LogP contribution >= 0.6 is 11.6 Å². The molecule has 1 aromatic rings. The number of aliphatic hydroxyl groups excluding tert-OH is 1. The lowest BCUT2D eigenvalue weighted by atomic mass is 10.2. The Morgan fingerprint density at radius 3 is 2.73 bits per heavy atom. The van der Waals surface area contributed by atoms with Crippen molar-refractivity contribution in [3.8, 4) is 0 Å². The Hall–Kier alpha value is -0.730. The molecule has 60 valence electrons. The Labute approximate surface area is 70.8 Å². The fraction of sp³-hybridized carbons (Fsp3) is 0.250. The maximum atomic E-state index is 8.91. The second-order valence-corrected chi connectivity index (χ2v) is 2.58. The van der Waals surface area contributed by atoms with E-state index in [1.54, 1.807) is 13.1 Å². The summed E-state index contributed by atoms with van der Waals surface area (Å²) in [5.74, 6) is 0. The van der Waals surface area contributed by atoms with E-state index in [0.717, 1.165) is 11.3 Å². The lowest BCUT2D eigenvalue weighted by molar-refractivity contribution is 0.282. The van der Waals surface area contributed by atoms with Crippen molar-refractivity contribution in [1.82, 2.24) is 0 Å². The van der Waals surface area contributed by atoms with Crippen LogP contribution in [0.25, 0.3) is 0 Å². The minimum absolute atomic E-state index is 0.0319. The topological polar surface area (TPSA) is 32.3 Å². The number of halogens is 1. The second kappa shape index (κ2) is 3.60. The summed E-state index contributed by atoms with van der Waals surface area (Å²) in [6, 6.07) is 5.47. The van der Waals surface area contributed by atoms with E-state index >= 15 is 0 Å². The molecule has 0 fully saturated rings. The summed E-state index contributed by atoms with van der Waals surface area (Å²) in [6.45, 7) is -0.0319. The summed E-state index contributed by atoms with van der Waals surface area (Å²) in [6.07, 6.45) is 0. The highest BCUT2D eigenvalue weighted by Crippen LogP contribution is 2.23. The first-order chi connectivity index (χ1) is 5.29. The molecule has 2 N–H and O–H groups in total. The van der Waals surface area contributed by atoms with Crippen LogP contribution in [0.1, 0.15) is 5.56 Å². The molecule has 3 heteroatoms. The summed E-state index contributed by atoms with van der Waals surface area (Å²) in [4.78, 5) is 0. The molecular formula is C8H10ClNO. The van der Waals surface area contributed by atoms with Gasteiger partial charge in [-0.2, -0.15) is 0 Å². The number of nitrogens with one attached hydrogen (secondary N) is 1. The molecule has 1 aromatic carbocycles. The summed E-state index contributed by atoms with van der Waals surface area (Å²) in [5.41, 5.74) is 1.62. The number of benzene rings is 1. The van der Waals surface area contributed by atoms with Gasteiger partial charge in [0.05, 0.1) is 6.61 Å². The first-order valence-corrected chi connectivity index (χ1v) is 3.73. The number of hydrogen-bond donors (Lipinski definition) is 2. The van der Waals surface area contributed by atoms with Gasteiger partial charge in [-0.25, -0.2) is 0 Å². The van der Waals surface area contributed by atoms with Crippen LogP contribution in [-0.4, -0.2) is 12.2 Å². The quantitative estimate of drug-likeness (QED) is 0.712. The van der Waals surface area contributed by atoms with E-state index in [9.17, 15) is 0 Å². The summed E-state index contributed by atoms with van der Waals surface area (Å²) in [7, 11) is 1.80. The van der Waals surface area contributed by atoms with Gasteiger partial charge in [-0.1, -0.05) is 17.7 Å². The zero-order valence-electron chi connectivity index (χ0n) is 6.26. The standard InChI is InChI=1S/C8H10ClNO/c1-10-8-4-2-3-7(9)6(8)5-11/h2-4,10-11H,5H2,1H3. The molecule has 2 nitrogen and oxygen atoms in total. The number of rotatable bonds is 2. The van der Waals surface area contributed by atoms with E-state index in [2.05, 4.69) is 5.32 Å². The van der Waals surface area contributed by atoms with E-state index in [-0.39, 0.29) is 6.61 Å². The first-order valence-electron chi connectivity index (χ1n) is 3.35. The normalized spacial score (nSPS) is 9.73. The number of hydrogen-bond acceptors (Lipinski definition) is 2. The Kier molecular flexibility index (Phi) is 2.74. The highest BCUT2D eigenvalue weighted by molar-refractivity contribution is 6.31. The van der Waals surface area contributed by atoms with Crippen molar-refractivity contribution in [1.29, 1.82) is 0 Å². The molecule has 0 amide bonds. The third kappa shape index (κ3) is 1.64. The molecule has 1 rings (SSSR count). The van der Waals surface area contributed by atoms with Crippen molar-refractivity contribution in [3.63, 3.8) is 0 Å². The zero-order valence-corrected chi connectivity index (χ0v) is 7.02. The van der Waals surface area contributed by atoms with Gasteiger partial charge in [0, 0.05) is 23.3 Å². The van der Waals surface area contributed by atoms with Gasteiger partial charge >= 0.3 is 0 Å². The Balaban J connectivity index is 3.13.